The molecule has 0 bridgehead atoms. The van der Waals surface area contributed by atoms with Crippen LogP contribution in [0.25, 0.3) is 0 Å². The van der Waals surface area contributed by atoms with Gasteiger partial charge in [0.25, 0.3) is 0 Å². The monoisotopic (exact) mass is 412 g/mol. The van der Waals surface area contributed by atoms with E-state index in [1.807, 2.05) is 23.9 Å². The third-order valence-corrected chi connectivity index (χ3v) is 7.19. The average Bonchev–Trinajstić information content (AvgIpc) is 2.71. The van der Waals surface area contributed by atoms with Gasteiger partial charge in [0.1, 0.15) is 0 Å². The molecule has 1 saturated heterocycles. The highest BCUT2D eigenvalue weighted by Gasteiger charge is 2.25. The van der Waals surface area contributed by atoms with Crippen LogP contribution >= 0.6 is 11.8 Å². The summed E-state index contributed by atoms with van der Waals surface area (Å²) in [6, 6.07) is 7.20. The maximum absolute atomic E-state index is 12.8. The Kier molecular flexibility index (Phi) is 9.44. The first kappa shape index (κ1) is 22.0. The number of benzene rings is 1. The van der Waals surface area contributed by atoms with Crippen LogP contribution in [0.5, 0.6) is 0 Å². The second-order valence-electron chi connectivity index (χ2n) is 6.66. The lowest BCUT2D eigenvalue weighted by Crippen LogP contribution is -2.37. The van der Waals surface area contributed by atoms with Gasteiger partial charge in [0.2, 0.25) is 10.0 Å². The Morgan fingerprint density at radius 1 is 1.19 bits per heavy atom. The molecule has 6 nitrogen and oxygen atoms in total. The quantitative estimate of drug-likeness (QED) is 0.371. The average molecular weight is 413 g/mol. The van der Waals surface area contributed by atoms with E-state index >= 15 is 0 Å². The molecule has 0 atom stereocenters. The molecule has 0 radical (unpaired) electrons. The molecule has 1 aromatic carbocycles. The minimum absolute atomic E-state index is 0.378. The number of rotatable bonds is 9. The highest BCUT2D eigenvalue weighted by atomic mass is 32.2. The fourth-order valence-corrected chi connectivity index (χ4v) is 5.14. The van der Waals surface area contributed by atoms with Crippen LogP contribution < -0.4 is 10.6 Å². The molecule has 1 heterocycles. The maximum Gasteiger partial charge on any atom is 0.243 e. The van der Waals surface area contributed by atoms with Crippen LogP contribution in [0.15, 0.2) is 34.2 Å². The van der Waals surface area contributed by atoms with E-state index in [0.29, 0.717) is 24.5 Å². The predicted molar refractivity (Wildman–Crippen MR) is 115 cm³/mol. The Balaban J connectivity index is 1.91. The molecule has 1 fully saturated rings. The number of hydrogen-bond donors (Lipinski definition) is 2. The van der Waals surface area contributed by atoms with Gasteiger partial charge >= 0.3 is 0 Å². The number of guanidine groups is 1. The SMILES string of the molecule is CN=C(NCCCCSC)NCc1cccc(S(=O)(=O)N2CCCCC2)c1. The molecule has 0 aromatic heterocycles. The van der Waals surface area contributed by atoms with Crippen LogP contribution in [0.4, 0.5) is 0 Å². The summed E-state index contributed by atoms with van der Waals surface area (Å²) in [4.78, 5) is 4.61. The van der Waals surface area contributed by atoms with Crippen LogP contribution in [0.2, 0.25) is 0 Å². The fourth-order valence-electron chi connectivity index (χ4n) is 3.05. The third kappa shape index (κ3) is 7.01. The summed E-state index contributed by atoms with van der Waals surface area (Å²) in [5, 5.41) is 6.56. The molecule has 1 aromatic rings. The van der Waals surface area contributed by atoms with E-state index in [2.05, 4.69) is 21.9 Å². The van der Waals surface area contributed by atoms with Gasteiger partial charge in [-0.15, -0.1) is 0 Å². The lowest BCUT2D eigenvalue weighted by atomic mass is 10.2. The summed E-state index contributed by atoms with van der Waals surface area (Å²) < 4.78 is 27.3. The van der Waals surface area contributed by atoms with Gasteiger partial charge in [-0.3, -0.25) is 4.99 Å². The van der Waals surface area contributed by atoms with E-state index in [0.717, 1.165) is 43.8 Å². The Bertz CT molecular complexity index is 701. The molecule has 1 aliphatic heterocycles. The van der Waals surface area contributed by atoms with Gasteiger partial charge in [0, 0.05) is 33.2 Å². The molecule has 8 heteroatoms. The summed E-state index contributed by atoms with van der Waals surface area (Å²) in [5.74, 6) is 1.91. The zero-order valence-electron chi connectivity index (χ0n) is 16.4. The zero-order chi connectivity index (χ0) is 19.5. The van der Waals surface area contributed by atoms with Crippen LogP contribution in [-0.4, -0.2) is 57.4 Å². The van der Waals surface area contributed by atoms with Gasteiger partial charge < -0.3 is 10.6 Å². The smallest absolute Gasteiger partial charge is 0.243 e. The summed E-state index contributed by atoms with van der Waals surface area (Å²) >= 11 is 1.86. The van der Waals surface area contributed by atoms with E-state index in [1.54, 1.807) is 23.5 Å². The van der Waals surface area contributed by atoms with Gasteiger partial charge in [0.15, 0.2) is 5.96 Å². The number of nitrogens with one attached hydrogen (secondary N) is 2. The Labute approximate surface area is 168 Å². The van der Waals surface area contributed by atoms with Crippen molar-refractivity contribution in [1.29, 1.82) is 0 Å². The van der Waals surface area contributed by atoms with Crippen LogP contribution in [-0.2, 0) is 16.6 Å². The molecule has 0 aliphatic carbocycles. The van der Waals surface area contributed by atoms with Crippen LogP contribution in [0.1, 0.15) is 37.7 Å². The van der Waals surface area contributed by atoms with E-state index in [-0.39, 0.29) is 0 Å². The second kappa shape index (κ2) is 11.6. The van der Waals surface area contributed by atoms with Crippen molar-refractivity contribution in [1.82, 2.24) is 14.9 Å². The van der Waals surface area contributed by atoms with Crippen molar-refractivity contribution in [2.75, 3.05) is 38.7 Å². The van der Waals surface area contributed by atoms with E-state index in [4.69, 9.17) is 0 Å². The van der Waals surface area contributed by atoms with Gasteiger partial charge in [0.05, 0.1) is 4.90 Å². The van der Waals surface area contributed by atoms with Gasteiger partial charge in [-0.2, -0.15) is 16.1 Å². The summed E-state index contributed by atoms with van der Waals surface area (Å²) in [6.45, 7) is 2.66. The van der Waals surface area contributed by atoms with Crippen molar-refractivity contribution in [3.05, 3.63) is 29.8 Å². The summed E-state index contributed by atoms with van der Waals surface area (Å²) in [7, 11) is -1.65. The minimum Gasteiger partial charge on any atom is -0.356 e. The second-order valence-corrected chi connectivity index (χ2v) is 9.59. The van der Waals surface area contributed by atoms with Crippen molar-refractivity contribution in [3.63, 3.8) is 0 Å². The van der Waals surface area contributed by atoms with E-state index in [1.165, 1.54) is 12.2 Å². The first-order valence-corrected chi connectivity index (χ1v) is 12.4. The maximum atomic E-state index is 12.8. The molecule has 0 amide bonds. The van der Waals surface area contributed by atoms with Gasteiger partial charge in [-0.05, 0) is 55.4 Å². The number of aliphatic imine (C=N–C) groups is 1. The van der Waals surface area contributed by atoms with Crippen molar-refractivity contribution in [2.24, 2.45) is 4.99 Å². The highest BCUT2D eigenvalue weighted by Crippen LogP contribution is 2.21. The first-order valence-electron chi connectivity index (χ1n) is 9.60. The van der Waals surface area contributed by atoms with Crippen LogP contribution in [0.3, 0.4) is 0 Å². The predicted octanol–water partition coefficient (Wildman–Crippen LogP) is 2.67. The molecule has 152 valence electrons. The van der Waals surface area contributed by atoms with Crippen molar-refractivity contribution in [2.45, 2.75) is 43.5 Å². The fraction of sp³-hybridized carbons (Fsp3) is 0.632. The summed E-state index contributed by atoms with van der Waals surface area (Å²) in [6.07, 6.45) is 7.40. The normalized spacial score (nSPS) is 16.3. The van der Waals surface area contributed by atoms with Crippen LogP contribution in [0, 0.1) is 0 Å². The minimum atomic E-state index is -3.39. The Morgan fingerprint density at radius 3 is 2.67 bits per heavy atom. The first-order chi connectivity index (χ1) is 13.1. The molecule has 0 spiro atoms. The number of piperidine rings is 1. The molecule has 2 N–H and O–H groups in total. The molecular formula is C19H32N4O2S2. The molecule has 27 heavy (non-hydrogen) atoms. The van der Waals surface area contributed by atoms with Gasteiger partial charge in [-0.25, -0.2) is 8.42 Å². The number of unbranched alkanes of at least 4 members (excludes halogenated alkanes) is 1. The lowest BCUT2D eigenvalue weighted by Gasteiger charge is -2.26. The topological polar surface area (TPSA) is 73.8 Å². The lowest BCUT2D eigenvalue weighted by molar-refractivity contribution is 0.346. The number of hydrogen-bond acceptors (Lipinski definition) is 4. The Hall–Kier alpha value is -1.25. The van der Waals surface area contributed by atoms with Crippen molar-refractivity contribution < 1.29 is 8.42 Å². The molecule has 0 unspecified atom stereocenters. The van der Waals surface area contributed by atoms with Crippen molar-refractivity contribution >= 4 is 27.7 Å². The largest absolute Gasteiger partial charge is 0.356 e. The number of sulfonamides is 1. The highest BCUT2D eigenvalue weighted by molar-refractivity contribution is 7.98. The van der Waals surface area contributed by atoms with Gasteiger partial charge in [-0.1, -0.05) is 18.6 Å². The number of thioether (sulfide) groups is 1. The Morgan fingerprint density at radius 2 is 1.96 bits per heavy atom. The third-order valence-electron chi connectivity index (χ3n) is 4.60. The summed E-state index contributed by atoms with van der Waals surface area (Å²) in [5.41, 5.74) is 0.929. The molecule has 2 rings (SSSR count). The number of nitrogens with zero attached hydrogens (tertiary/aromatic N) is 2. The molecule has 0 saturated carbocycles. The molecule has 1 aliphatic rings. The van der Waals surface area contributed by atoms with E-state index in [9.17, 15) is 8.42 Å². The molecular weight excluding hydrogens is 380 g/mol. The zero-order valence-corrected chi connectivity index (χ0v) is 18.0. The van der Waals surface area contributed by atoms with Crippen molar-refractivity contribution in [3.8, 4) is 0 Å². The standard InChI is InChI=1S/C19H32N4O2S2/c1-20-19(21-11-4-7-14-26-2)22-16-17-9-8-10-18(15-17)27(24,25)23-12-5-3-6-13-23/h8-10,15H,3-7,11-14,16H2,1-2H3,(H2,20,21,22). The van der Waals surface area contributed by atoms with E-state index < -0.39 is 10.0 Å².